The molecule has 0 radical (unpaired) electrons. The number of nitrogens with one attached hydrogen (secondary N) is 1. The van der Waals surface area contributed by atoms with Crippen molar-refractivity contribution in [3.8, 4) is 11.5 Å². The number of rotatable bonds is 5. The summed E-state index contributed by atoms with van der Waals surface area (Å²) in [6, 6.07) is 13.4. The average Bonchev–Trinajstić information content (AvgIpc) is 2.77. The third kappa shape index (κ3) is 4.61. The highest BCUT2D eigenvalue weighted by atomic mass is 79.9. The van der Waals surface area contributed by atoms with Crippen LogP contribution in [0.3, 0.4) is 0 Å². The fraction of sp³-hybridized carbons (Fsp3) is 0.333. The predicted molar refractivity (Wildman–Crippen MR) is 127 cm³/mol. The number of nitrogens with zero attached hydrogens (tertiary/aromatic N) is 2. The maximum absolute atomic E-state index is 13.3. The minimum Gasteiger partial charge on any atom is -0.493 e. The van der Waals surface area contributed by atoms with Crippen molar-refractivity contribution >= 4 is 44.1 Å². The zero-order valence-corrected chi connectivity index (χ0v) is 19.5. The van der Waals surface area contributed by atoms with Crippen LogP contribution >= 0.6 is 15.9 Å². The Labute approximate surface area is 190 Å². The Morgan fingerprint density at radius 3 is 2.65 bits per heavy atom. The first-order valence-corrected chi connectivity index (χ1v) is 11.2. The summed E-state index contributed by atoms with van der Waals surface area (Å²) in [6.07, 6.45) is 2.18. The van der Waals surface area contributed by atoms with Gasteiger partial charge >= 0.3 is 0 Å². The van der Waals surface area contributed by atoms with Gasteiger partial charge in [-0.1, -0.05) is 28.9 Å². The van der Waals surface area contributed by atoms with Crippen LogP contribution in [0.4, 0.5) is 11.4 Å². The fourth-order valence-corrected chi connectivity index (χ4v) is 4.42. The number of hydrogen-bond acceptors (Lipinski definition) is 5. The van der Waals surface area contributed by atoms with Crippen LogP contribution in [-0.2, 0) is 0 Å². The lowest BCUT2D eigenvalue weighted by Gasteiger charge is -2.30. The molecule has 0 aliphatic carbocycles. The molecule has 3 aromatic rings. The Balaban J connectivity index is 1.82. The highest BCUT2D eigenvalue weighted by molar-refractivity contribution is 9.10. The second kappa shape index (κ2) is 9.14. The summed E-state index contributed by atoms with van der Waals surface area (Å²) in [5.74, 6) is 1.65. The van der Waals surface area contributed by atoms with Gasteiger partial charge in [0, 0.05) is 34.7 Å². The molecule has 1 aliphatic rings. The van der Waals surface area contributed by atoms with Crippen LogP contribution in [0, 0.1) is 5.92 Å². The van der Waals surface area contributed by atoms with Gasteiger partial charge in [0.05, 0.1) is 25.4 Å². The minimum absolute atomic E-state index is 0.0412. The Hall–Kier alpha value is -2.80. The fourth-order valence-electron chi connectivity index (χ4n) is 4.02. The van der Waals surface area contributed by atoms with Gasteiger partial charge in [0.2, 0.25) is 0 Å². The topological polar surface area (TPSA) is 63.7 Å². The number of hydrogen-bond donors (Lipinski definition) is 1. The van der Waals surface area contributed by atoms with E-state index in [2.05, 4.69) is 28.2 Å². The van der Waals surface area contributed by atoms with Gasteiger partial charge in [-0.2, -0.15) is 0 Å². The summed E-state index contributed by atoms with van der Waals surface area (Å²) in [7, 11) is 3.20. The van der Waals surface area contributed by atoms with E-state index in [1.165, 1.54) is 0 Å². The van der Waals surface area contributed by atoms with Gasteiger partial charge in [0.1, 0.15) is 5.69 Å². The molecule has 1 fully saturated rings. The smallest absolute Gasteiger partial charge is 0.272 e. The van der Waals surface area contributed by atoms with E-state index >= 15 is 0 Å². The van der Waals surface area contributed by atoms with E-state index in [1.807, 2.05) is 47.4 Å². The van der Waals surface area contributed by atoms with E-state index < -0.39 is 0 Å². The molecule has 0 bridgehead atoms. The van der Waals surface area contributed by atoms with E-state index in [0.717, 1.165) is 47.2 Å². The highest BCUT2D eigenvalue weighted by Crippen LogP contribution is 2.36. The molecular formula is C24H26BrN3O3. The first-order valence-electron chi connectivity index (χ1n) is 10.4. The number of amides is 1. The number of carbonyl (C=O) groups excluding carboxylic acids is 1. The van der Waals surface area contributed by atoms with E-state index in [0.29, 0.717) is 28.6 Å². The molecule has 2 aromatic carbocycles. The maximum atomic E-state index is 13.3. The number of ether oxygens (including phenoxy) is 2. The molecule has 1 aliphatic heterocycles. The molecule has 1 aromatic heterocycles. The third-order valence-corrected chi connectivity index (χ3v) is 6.07. The van der Waals surface area contributed by atoms with Gasteiger partial charge < -0.3 is 19.7 Å². The number of aromatic nitrogens is 1. The van der Waals surface area contributed by atoms with Gasteiger partial charge in [-0.05, 0) is 49.1 Å². The number of methoxy groups -OCH3 is 2. The SMILES string of the molecule is COc1cc2nc(C(=O)N3CCC[C@H](C)C3)cc(Nc3cccc(Br)c3)c2cc1OC. The number of carbonyl (C=O) groups is 1. The van der Waals surface area contributed by atoms with Crippen molar-refractivity contribution in [3.63, 3.8) is 0 Å². The number of halogens is 1. The molecule has 1 N–H and O–H groups in total. The zero-order valence-electron chi connectivity index (χ0n) is 17.9. The summed E-state index contributed by atoms with van der Waals surface area (Å²) >= 11 is 3.51. The Morgan fingerprint density at radius 1 is 1.16 bits per heavy atom. The quantitative estimate of drug-likeness (QED) is 0.509. The molecule has 1 atom stereocenters. The van der Waals surface area contributed by atoms with Crippen LogP contribution in [-0.4, -0.2) is 43.1 Å². The predicted octanol–water partition coefficient (Wildman–Crippen LogP) is 5.63. The van der Waals surface area contributed by atoms with Gasteiger partial charge in [-0.3, -0.25) is 4.79 Å². The van der Waals surface area contributed by atoms with Crippen LogP contribution < -0.4 is 14.8 Å². The van der Waals surface area contributed by atoms with Crippen molar-refractivity contribution in [2.24, 2.45) is 5.92 Å². The van der Waals surface area contributed by atoms with Crippen LogP contribution in [0.5, 0.6) is 11.5 Å². The summed E-state index contributed by atoms with van der Waals surface area (Å²) < 4.78 is 11.9. The average molecular weight is 484 g/mol. The number of likely N-dealkylation sites (tertiary alicyclic amines) is 1. The van der Waals surface area contributed by atoms with E-state index in [1.54, 1.807) is 14.2 Å². The van der Waals surface area contributed by atoms with Crippen LogP contribution in [0.2, 0.25) is 0 Å². The molecule has 2 heterocycles. The highest BCUT2D eigenvalue weighted by Gasteiger charge is 2.24. The third-order valence-electron chi connectivity index (χ3n) is 5.58. The summed E-state index contributed by atoms with van der Waals surface area (Å²) in [5.41, 5.74) is 2.79. The van der Waals surface area contributed by atoms with Gasteiger partial charge in [-0.15, -0.1) is 0 Å². The number of fused-ring (bicyclic) bond motifs is 1. The van der Waals surface area contributed by atoms with Crippen molar-refractivity contribution < 1.29 is 14.3 Å². The molecule has 162 valence electrons. The van der Waals surface area contributed by atoms with E-state index in [-0.39, 0.29) is 5.91 Å². The molecular weight excluding hydrogens is 458 g/mol. The standard InChI is InChI=1S/C24H26BrN3O3/c1-15-6-5-9-28(14-15)24(29)21-12-19(26-17-8-4-7-16(25)10-17)18-11-22(30-2)23(31-3)13-20(18)27-21/h4,7-8,10-13,15H,5-6,9,14H2,1-3H3,(H,26,27)/t15-/m0/s1. The first-order chi connectivity index (χ1) is 15.0. The van der Waals surface area contributed by atoms with Crippen LogP contribution in [0.15, 0.2) is 46.9 Å². The lowest BCUT2D eigenvalue weighted by Crippen LogP contribution is -2.39. The van der Waals surface area contributed by atoms with Crippen molar-refractivity contribution in [2.45, 2.75) is 19.8 Å². The molecule has 31 heavy (non-hydrogen) atoms. The Kier molecular flexibility index (Phi) is 6.32. The summed E-state index contributed by atoms with van der Waals surface area (Å²) in [4.78, 5) is 19.9. The second-order valence-electron chi connectivity index (χ2n) is 7.91. The van der Waals surface area contributed by atoms with Crippen LogP contribution in [0.1, 0.15) is 30.3 Å². The molecule has 6 nitrogen and oxygen atoms in total. The number of piperidine rings is 1. The minimum atomic E-state index is -0.0412. The summed E-state index contributed by atoms with van der Waals surface area (Å²) in [6.45, 7) is 3.72. The van der Waals surface area contributed by atoms with E-state index in [9.17, 15) is 4.79 Å². The van der Waals surface area contributed by atoms with Crippen molar-refractivity contribution in [1.82, 2.24) is 9.88 Å². The molecule has 0 unspecified atom stereocenters. The number of benzene rings is 2. The monoisotopic (exact) mass is 483 g/mol. The van der Waals surface area contributed by atoms with Gasteiger partial charge in [0.25, 0.3) is 5.91 Å². The lowest BCUT2D eigenvalue weighted by molar-refractivity contribution is 0.0677. The Morgan fingerprint density at radius 2 is 1.94 bits per heavy atom. The molecule has 0 saturated carbocycles. The zero-order chi connectivity index (χ0) is 22.0. The number of pyridine rings is 1. The van der Waals surface area contributed by atoms with Crippen LogP contribution in [0.25, 0.3) is 10.9 Å². The Bertz CT molecular complexity index is 1120. The molecule has 1 amide bonds. The van der Waals surface area contributed by atoms with Crippen molar-refractivity contribution in [3.05, 3.63) is 52.6 Å². The largest absolute Gasteiger partial charge is 0.493 e. The summed E-state index contributed by atoms with van der Waals surface area (Å²) in [5, 5.41) is 4.29. The molecule has 4 rings (SSSR count). The van der Waals surface area contributed by atoms with Crippen molar-refractivity contribution in [2.75, 3.05) is 32.6 Å². The lowest BCUT2D eigenvalue weighted by atomic mass is 10.00. The van der Waals surface area contributed by atoms with Crippen molar-refractivity contribution in [1.29, 1.82) is 0 Å². The van der Waals surface area contributed by atoms with Gasteiger partial charge in [-0.25, -0.2) is 4.98 Å². The normalized spacial score (nSPS) is 16.3. The number of anilines is 2. The molecule has 1 saturated heterocycles. The first kappa shape index (κ1) is 21.4. The van der Waals surface area contributed by atoms with E-state index in [4.69, 9.17) is 14.5 Å². The molecule has 7 heteroatoms. The maximum Gasteiger partial charge on any atom is 0.272 e. The van der Waals surface area contributed by atoms with Gasteiger partial charge in [0.15, 0.2) is 11.5 Å². The molecule has 0 spiro atoms. The second-order valence-corrected chi connectivity index (χ2v) is 8.83.